The number of carbonyl (C=O) groups is 1. The summed E-state index contributed by atoms with van der Waals surface area (Å²) < 4.78 is 29.6. The van der Waals surface area contributed by atoms with Gasteiger partial charge in [-0.1, -0.05) is 18.2 Å². The van der Waals surface area contributed by atoms with Gasteiger partial charge in [0.25, 0.3) is 5.89 Å². The van der Waals surface area contributed by atoms with Gasteiger partial charge < -0.3 is 13.6 Å². The summed E-state index contributed by atoms with van der Waals surface area (Å²) in [7, 11) is 0. The van der Waals surface area contributed by atoms with Gasteiger partial charge >= 0.3 is 5.97 Å². The van der Waals surface area contributed by atoms with Gasteiger partial charge in [0.15, 0.2) is 6.10 Å². The lowest BCUT2D eigenvalue weighted by Crippen LogP contribution is -2.09. The number of para-hydroxylation sites is 1. The average Bonchev–Trinajstić information content (AvgIpc) is 3.28. The fourth-order valence-electron chi connectivity index (χ4n) is 2.74. The normalized spacial score (nSPS) is 12.3. The monoisotopic (exact) mass is 366 g/mol. The molecular formula is C20H15FN2O4. The standard InChI is InChI=1S/C20H15FN2O4/c1-11-15-5-3-4-6-16(15)26-17(11)20(24)25-12(2)18-22-23-19(27-18)13-7-9-14(21)10-8-13/h3-10,12H,1-2H3/t12-/m0/s1. The Morgan fingerprint density at radius 1 is 1.07 bits per heavy atom. The number of ether oxygens (including phenoxy) is 1. The molecule has 4 aromatic rings. The first-order chi connectivity index (χ1) is 13.0. The number of aromatic nitrogens is 2. The van der Waals surface area contributed by atoms with E-state index in [0.29, 0.717) is 16.7 Å². The molecule has 27 heavy (non-hydrogen) atoms. The molecule has 4 rings (SSSR count). The topological polar surface area (TPSA) is 78.4 Å². The number of fused-ring (bicyclic) bond motifs is 1. The number of hydrogen-bond acceptors (Lipinski definition) is 6. The Kier molecular flexibility index (Phi) is 4.19. The Morgan fingerprint density at radius 3 is 2.56 bits per heavy atom. The van der Waals surface area contributed by atoms with E-state index >= 15 is 0 Å². The van der Waals surface area contributed by atoms with Gasteiger partial charge in [0, 0.05) is 16.5 Å². The van der Waals surface area contributed by atoms with Crippen LogP contribution in [-0.4, -0.2) is 16.2 Å². The minimum atomic E-state index is -0.771. The van der Waals surface area contributed by atoms with Crippen molar-refractivity contribution in [3.63, 3.8) is 0 Å². The molecule has 0 amide bonds. The van der Waals surface area contributed by atoms with E-state index in [1.54, 1.807) is 19.9 Å². The lowest BCUT2D eigenvalue weighted by Gasteiger charge is -2.08. The average molecular weight is 366 g/mol. The number of halogens is 1. The molecule has 0 radical (unpaired) electrons. The largest absolute Gasteiger partial charge is 0.449 e. The second kappa shape index (κ2) is 6.68. The number of furan rings is 1. The molecule has 0 aliphatic rings. The van der Waals surface area contributed by atoms with E-state index in [1.807, 2.05) is 18.2 Å². The lowest BCUT2D eigenvalue weighted by atomic mass is 10.1. The van der Waals surface area contributed by atoms with E-state index < -0.39 is 12.1 Å². The maximum absolute atomic E-state index is 13.0. The van der Waals surface area contributed by atoms with E-state index in [0.717, 1.165) is 5.39 Å². The molecule has 2 heterocycles. The summed E-state index contributed by atoms with van der Waals surface area (Å²) in [6.07, 6.45) is -0.771. The highest BCUT2D eigenvalue weighted by Gasteiger charge is 2.24. The van der Waals surface area contributed by atoms with E-state index in [9.17, 15) is 9.18 Å². The van der Waals surface area contributed by atoms with Crippen LogP contribution in [0.25, 0.3) is 22.4 Å². The van der Waals surface area contributed by atoms with Crippen molar-refractivity contribution < 1.29 is 22.8 Å². The maximum atomic E-state index is 13.0. The zero-order valence-electron chi connectivity index (χ0n) is 14.6. The van der Waals surface area contributed by atoms with Crippen molar-refractivity contribution in [3.8, 4) is 11.5 Å². The number of esters is 1. The van der Waals surface area contributed by atoms with Gasteiger partial charge in [-0.05, 0) is 44.2 Å². The van der Waals surface area contributed by atoms with E-state index in [2.05, 4.69) is 10.2 Å². The Morgan fingerprint density at radius 2 is 1.81 bits per heavy atom. The van der Waals surface area contributed by atoms with E-state index in [1.165, 1.54) is 24.3 Å². The molecule has 0 unspecified atom stereocenters. The molecule has 0 aliphatic heterocycles. The van der Waals surface area contributed by atoms with Crippen molar-refractivity contribution in [1.29, 1.82) is 0 Å². The van der Waals surface area contributed by atoms with Crippen LogP contribution in [0.2, 0.25) is 0 Å². The molecule has 0 aliphatic carbocycles. The van der Waals surface area contributed by atoms with Crippen LogP contribution in [0.5, 0.6) is 0 Å². The molecule has 136 valence electrons. The van der Waals surface area contributed by atoms with Crippen LogP contribution in [-0.2, 0) is 4.74 Å². The van der Waals surface area contributed by atoms with E-state index in [4.69, 9.17) is 13.6 Å². The van der Waals surface area contributed by atoms with Crippen LogP contribution >= 0.6 is 0 Å². The molecule has 0 N–H and O–H groups in total. The highest BCUT2D eigenvalue weighted by molar-refractivity contribution is 5.95. The summed E-state index contributed by atoms with van der Waals surface area (Å²) in [5.41, 5.74) is 1.90. The van der Waals surface area contributed by atoms with Crippen LogP contribution in [0.4, 0.5) is 4.39 Å². The van der Waals surface area contributed by atoms with Crippen molar-refractivity contribution >= 4 is 16.9 Å². The van der Waals surface area contributed by atoms with Crippen LogP contribution in [0, 0.1) is 12.7 Å². The van der Waals surface area contributed by atoms with Crippen molar-refractivity contribution in [1.82, 2.24) is 10.2 Å². The Hall–Kier alpha value is -3.48. The second-order valence-electron chi connectivity index (χ2n) is 6.05. The fourth-order valence-corrected chi connectivity index (χ4v) is 2.74. The second-order valence-corrected chi connectivity index (χ2v) is 6.05. The van der Waals surface area contributed by atoms with Gasteiger partial charge in [-0.15, -0.1) is 10.2 Å². The maximum Gasteiger partial charge on any atom is 0.375 e. The third kappa shape index (κ3) is 3.19. The summed E-state index contributed by atoms with van der Waals surface area (Å²) in [4.78, 5) is 12.5. The third-order valence-corrected chi connectivity index (χ3v) is 4.19. The number of hydrogen-bond donors (Lipinski definition) is 0. The summed E-state index contributed by atoms with van der Waals surface area (Å²) in [5, 5.41) is 8.68. The molecular weight excluding hydrogens is 351 g/mol. The van der Waals surface area contributed by atoms with Crippen molar-refractivity contribution in [2.24, 2.45) is 0 Å². The molecule has 1 atom stereocenters. The Labute approximate surface area is 153 Å². The van der Waals surface area contributed by atoms with Crippen LogP contribution in [0.15, 0.2) is 57.4 Å². The van der Waals surface area contributed by atoms with Gasteiger partial charge in [-0.3, -0.25) is 0 Å². The number of carbonyl (C=O) groups excluding carboxylic acids is 1. The molecule has 0 saturated heterocycles. The fraction of sp³-hybridized carbons (Fsp3) is 0.150. The van der Waals surface area contributed by atoms with Crippen molar-refractivity contribution in [2.45, 2.75) is 20.0 Å². The minimum Gasteiger partial charge on any atom is -0.449 e. The summed E-state index contributed by atoms with van der Waals surface area (Å²) in [5.74, 6) is -0.481. The third-order valence-electron chi connectivity index (χ3n) is 4.19. The molecule has 6 nitrogen and oxygen atoms in total. The molecule has 0 saturated carbocycles. The quantitative estimate of drug-likeness (QED) is 0.481. The van der Waals surface area contributed by atoms with E-state index in [-0.39, 0.29) is 23.4 Å². The number of rotatable bonds is 4. The summed E-state index contributed by atoms with van der Waals surface area (Å²) >= 11 is 0. The van der Waals surface area contributed by atoms with Crippen molar-refractivity contribution in [3.05, 3.63) is 71.6 Å². The van der Waals surface area contributed by atoms with Crippen LogP contribution in [0.3, 0.4) is 0 Å². The number of nitrogens with zero attached hydrogens (tertiary/aromatic N) is 2. The number of aryl methyl sites for hydroxylation is 1. The number of benzene rings is 2. The molecule has 2 aromatic heterocycles. The van der Waals surface area contributed by atoms with Gasteiger partial charge in [-0.2, -0.15) is 0 Å². The first-order valence-corrected chi connectivity index (χ1v) is 8.31. The van der Waals surface area contributed by atoms with Gasteiger partial charge in [0.2, 0.25) is 11.7 Å². The zero-order valence-corrected chi connectivity index (χ0v) is 14.6. The molecule has 0 bridgehead atoms. The first-order valence-electron chi connectivity index (χ1n) is 8.31. The lowest BCUT2D eigenvalue weighted by molar-refractivity contribution is 0.0245. The van der Waals surface area contributed by atoms with Gasteiger partial charge in [0.1, 0.15) is 11.4 Å². The molecule has 0 spiro atoms. The zero-order chi connectivity index (χ0) is 19.0. The summed E-state index contributed by atoms with van der Waals surface area (Å²) in [6, 6.07) is 13.0. The first kappa shape index (κ1) is 17.0. The van der Waals surface area contributed by atoms with Crippen LogP contribution < -0.4 is 0 Å². The summed E-state index contributed by atoms with van der Waals surface area (Å²) in [6.45, 7) is 3.42. The molecule has 7 heteroatoms. The van der Waals surface area contributed by atoms with Crippen molar-refractivity contribution in [2.75, 3.05) is 0 Å². The molecule has 0 fully saturated rings. The SMILES string of the molecule is Cc1c(C(=O)O[C@@H](C)c2nnc(-c3ccc(F)cc3)o2)oc2ccccc12. The van der Waals surface area contributed by atoms with Gasteiger partial charge in [0.05, 0.1) is 0 Å². The minimum absolute atomic E-state index is 0.136. The smallest absolute Gasteiger partial charge is 0.375 e. The Bertz CT molecular complexity index is 1110. The highest BCUT2D eigenvalue weighted by Crippen LogP contribution is 2.28. The van der Waals surface area contributed by atoms with Gasteiger partial charge in [-0.25, -0.2) is 9.18 Å². The predicted octanol–water partition coefficient (Wildman–Crippen LogP) is 4.85. The molecule has 2 aromatic carbocycles. The predicted molar refractivity (Wildman–Crippen MR) is 94.5 cm³/mol. The highest BCUT2D eigenvalue weighted by atomic mass is 19.1. The Balaban J connectivity index is 1.53. The van der Waals surface area contributed by atoms with Crippen LogP contribution in [0.1, 0.15) is 35.0 Å².